The topological polar surface area (TPSA) is 68.5 Å². The third-order valence-electron chi connectivity index (χ3n) is 3.81. The van der Waals surface area contributed by atoms with E-state index in [4.69, 9.17) is 4.74 Å². The van der Waals surface area contributed by atoms with Crippen molar-refractivity contribution >= 4 is 11.6 Å². The van der Waals surface area contributed by atoms with E-state index in [1.54, 1.807) is 0 Å². The Morgan fingerprint density at radius 1 is 1.12 bits per heavy atom. The summed E-state index contributed by atoms with van der Waals surface area (Å²) in [6.45, 7) is 4.20. The van der Waals surface area contributed by atoms with Gasteiger partial charge in [0.2, 0.25) is 0 Å². The van der Waals surface area contributed by atoms with Gasteiger partial charge in [-0.3, -0.25) is 9.20 Å². The molecule has 1 atom stereocenters. The number of amides is 1. The largest absolute Gasteiger partial charge is 0.484 e. The minimum Gasteiger partial charge on any atom is -0.484 e. The number of ether oxygens (including phenoxy) is 1. The van der Waals surface area contributed by atoms with Crippen molar-refractivity contribution in [2.24, 2.45) is 5.92 Å². The summed E-state index contributed by atoms with van der Waals surface area (Å²) < 4.78 is 7.43. The third-order valence-corrected chi connectivity index (χ3v) is 3.81. The lowest BCUT2D eigenvalue weighted by Crippen LogP contribution is -2.34. The Morgan fingerprint density at radius 2 is 1.88 bits per heavy atom. The number of rotatable bonds is 7. The minimum absolute atomic E-state index is 0.0324. The van der Waals surface area contributed by atoms with Crippen LogP contribution in [0.2, 0.25) is 0 Å². The van der Waals surface area contributed by atoms with Crippen LogP contribution >= 0.6 is 0 Å². The van der Waals surface area contributed by atoms with E-state index in [-0.39, 0.29) is 18.6 Å². The van der Waals surface area contributed by atoms with E-state index < -0.39 is 0 Å². The van der Waals surface area contributed by atoms with Crippen LogP contribution in [0, 0.1) is 5.92 Å². The fourth-order valence-corrected chi connectivity index (χ4v) is 2.70. The molecular formula is C19H22N4O2. The maximum atomic E-state index is 12.3. The Bertz CT molecular complexity index is 830. The molecule has 0 saturated heterocycles. The number of fused-ring (bicyclic) bond motifs is 1. The molecule has 0 aliphatic rings. The van der Waals surface area contributed by atoms with Crippen LogP contribution in [0.4, 0.5) is 0 Å². The molecule has 1 aromatic carbocycles. The highest BCUT2D eigenvalue weighted by molar-refractivity contribution is 5.78. The van der Waals surface area contributed by atoms with Gasteiger partial charge >= 0.3 is 0 Å². The van der Waals surface area contributed by atoms with E-state index in [1.807, 2.05) is 59.1 Å². The monoisotopic (exact) mass is 338 g/mol. The molecule has 1 N–H and O–H groups in total. The Balaban J connectivity index is 1.71. The molecular weight excluding hydrogens is 316 g/mol. The predicted octanol–water partition coefficient (Wildman–Crippen LogP) is 3.01. The molecule has 0 fully saturated rings. The fourth-order valence-electron chi connectivity index (χ4n) is 2.70. The molecule has 0 aliphatic heterocycles. The Morgan fingerprint density at radius 3 is 2.64 bits per heavy atom. The van der Waals surface area contributed by atoms with Crippen molar-refractivity contribution in [2.45, 2.75) is 26.3 Å². The van der Waals surface area contributed by atoms with E-state index in [1.165, 1.54) is 0 Å². The van der Waals surface area contributed by atoms with Crippen molar-refractivity contribution in [1.82, 2.24) is 19.9 Å². The van der Waals surface area contributed by atoms with Crippen molar-refractivity contribution in [3.63, 3.8) is 0 Å². The lowest BCUT2D eigenvalue weighted by Gasteiger charge is -2.19. The van der Waals surface area contributed by atoms with E-state index in [9.17, 15) is 4.79 Å². The number of nitrogens with zero attached hydrogens (tertiary/aromatic N) is 3. The summed E-state index contributed by atoms with van der Waals surface area (Å²) in [7, 11) is 0. The standard InChI is InChI=1S/C19H22N4O2/c1-14(2)12-16(19-22-21-17-10-6-7-11-23(17)19)20-18(24)13-25-15-8-4-3-5-9-15/h3-11,14,16H,12-13H2,1-2H3,(H,20,24). The summed E-state index contributed by atoms with van der Waals surface area (Å²) in [6, 6.07) is 14.8. The first-order valence-corrected chi connectivity index (χ1v) is 8.40. The normalized spacial score (nSPS) is 12.3. The number of aromatic nitrogens is 3. The zero-order chi connectivity index (χ0) is 17.6. The van der Waals surface area contributed by atoms with Gasteiger partial charge in [0.05, 0.1) is 6.04 Å². The maximum Gasteiger partial charge on any atom is 0.258 e. The summed E-state index contributed by atoms with van der Waals surface area (Å²) in [5.74, 6) is 1.63. The van der Waals surface area contributed by atoms with Crippen LogP contribution in [0.5, 0.6) is 5.75 Å². The van der Waals surface area contributed by atoms with Crippen molar-refractivity contribution in [3.8, 4) is 5.75 Å². The first kappa shape index (κ1) is 17.0. The van der Waals surface area contributed by atoms with Crippen LogP contribution in [-0.2, 0) is 4.79 Å². The number of pyridine rings is 1. The molecule has 1 amide bonds. The summed E-state index contributed by atoms with van der Waals surface area (Å²) >= 11 is 0. The van der Waals surface area contributed by atoms with Crippen molar-refractivity contribution < 1.29 is 9.53 Å². The lowest BCUT2D eigenvalue weighted by atomic mass is 10.0. The molecule has 0 bridgehead atoms. The van der Waals surface area contributed by atoms with Crippen LogP contribution < -0.4 is 10.1 Å². The van der Waals surface area contributed by atoms with Crippen LogP contribution in [0.15, 0.2) is 54.7 Å². The van der Waals surface area contributed by atoms with Gasteiger partial charge in [-0.05, 0) is 36.6 Å². The summed E-state index contributed by atoms with van der Waals surface area (Å²) in [5, 5.41) is 11.5. The number of carbonyl (C=O) groups excluding carboxylic acids is 1. The molecule has 0 aliphatic carbocycles. The number of hydrogen-bond donors (Lipinski definition) is 1. The predicted molar refractivity (Wildman–Crippen MR) is 95.3 cm³/mol. The molecule has 1 unspecified atom stereocenters. The molecule has 2 aromatic heterocycles. The number of hydrogen-bond acceptors (Lipinski definition) is 4. The van der Waals surface area contributed by atoms with Gasteiger partial charge in [0.1, 0.15) is 5.75 Å². The first-order chi connectivity index (χ1) is 12.1. The first-order valence-electron chi connectivity index (χ1n) is 8.40. The Kier molecular flexibility index (Phi) is 5.28. The zero-order valence-electron chi connectivity index (χ0n) is 14.4. The van der Waals surface area contributed by atoms with Gasteiger partial charge in [0.25, 0.3) is 5.91 Å². The van der Waals surface area contributed by atoms with Gasteiger partial charge in [-0.1, -0.05) is 38.1 Å². The van der Waals surface area contributed by atoms with E-state index in [2.05, 4.69) is 29.4 Å². The van der Waals surface area contributed by atoms with E-state index >= 15 is 0 Å². The quantitative estimate of drug-likeness (QED) is 0.719. The van der Waals surface area contributed by atoms with Crippen LogP contribution in [0.3, 0.4) is 0 Å². The number of nitrogens with one attached hydrogen (secondary N) is 1. The molecule has 0 spiro atoms. The Hall–Kier alpha value is -2.89. The number of benzene rings is 1. The summed E-state index contributed by atoms with van der Waals surface area (Å²) in [5.41, 5.74) is 0.765. The Labute approximate surface area is 146 Å². The molecule has 2 heterocycles. The molecule has 0 saturated carbocycles. The maximum absolute atomic E-state index is 12.3. The SMILES string of the molecule is CC(C)CC(NC(=O)COc1ccccc1)c1nnc2ccccn12. The van der Waals surface area contributed by atoms with Gasteiger partial charge in [-0.25, -0.2) is 0 Å². The summed E-state index contributed by atoms with van der Waals surface area (Å²) in [6.07, 6.45) is 2.68. The van der Waals surface area contributed by atoms with Crippen LogP contribution in [-0.4, -0.2) is 27.1 Å². The zero-order valence-corrected chi connectivity index (χ0v) is 14.4. The second-order valence-corrected chi connectivity index (χ2v) is 6.34. The van der Waals surface area contributed by atoms with E-state index in [0.717, 1.165) is 17.9 Å². The molecule has 3 aromatic rings. The summed E-state index contributed by atoms with van der Waals surface area (Å²) in [4.78, 5) is 12.3. The van der Waals surface area contributed by atoms with Gasteiger partial charge in [0.15, 0.2) is 18.1 Å². The molecule has 0 radical (unpaired) electrons. The average Bonchev–Trinajstić information content (AvgIpc) is 3.04. The smallest absolute Gasteiger partial charge is 0.258 e. The second kappa shape index (κ2) is 7.79. The fraction of sp³-hybridized carbons (Fsp3) is 0.316. The highest BCUT2D eigenvalue weighted by Crippen LogP contribution is 2.20. The highest BCUT2D eigenvalue weighted by Gasteiger charge is 2.21. The van der Waals surface area contributed by atoms with Crippen molar-refractivity contribution in [2.75, 3.05) is 6.61 Å². The number of para-hydroxylation sites is 1. The highest BCUT2D eigenvalue weighted by atomic mass is 16.5. The third kappa shape index (κ3) is 4.35. The van der Waals surface area contributed by atoms with Gasteiger partial charge < -0.3 is 10.1 Å². The molecule has 130 valence electrons. The average molecular weight is 338 g/mol. The molecule has 25 heavy (non-hydrogen) atoms. The molecule has 6 heteroatoms. The minimum atomic E-state index is -0.218. The van der Waals surface area contributed by atoms with Gasteiger partial charge in [-0.2, -0.15) is 0 Å². The molecule has 3 rings (SSSR count). The van der Waals surface area contributed by atoms with Crippen LogP contribution in [0.25, 0.3) is 5.65 Å². The van der Waals surface area contributed by atoms with Gasteiger partial charge in [-0.15, -0.1) is 10.2 Å². The lowest BCUT2D eigenvalue weighted by molar-refractivity contribution is -0.124. The second-order valence-electron chi connectivity index (χ2n) is 6.34. The van der Waals surface area contributed by atoms with Crippen molar-refractivity contribution in [3.05, 3.63) is 60.6 Å². The van der Waals surface area contributed by atoms with Gasteiger partial charge in [0, 0.05) is 6.20 Å². The van der Waals surface area contributed by atoms with E-state index in [0.29, 0.717) is 11.7 Å². The molecule has 6 nitrogen and oxygen atoms in total. The van der Waals surface area contributed by atoms with Crippen molar-refractivity contribution in [1.29, 1.82) is 0 Å². The number of carbonyl (C=O) groups is 1. The van der Waals surface area contributed by atoms with Crippen LogP contribution in [0.1, 0.15) is 32.1 Å².